The molecule has 0 spiro atoms. The summed E-state index contributed by atoms with van der Waals surface area (Å²) >= 11 is 0. The molecular formula is C16H16F3N3O2. The van der Waals surface area contributed by atoms with Crippen LogP contribution in [0.1, 0.15) is 46.4 Å². The van der Waals surface area contributed by atoms with Gasteiger partial charge in [-0.1, -0.05) is 5.16 Å². The summed E-state index contributed by atoms with van der Waals surface area (Å²) in [5.74, 6) is 0.705. The van der Waals surface area contributed by atoms with Gasteiger partial charge in [-0.2, -0.15) is 18.2 Å². The van der Waals surface area contributed by atoms with Gasteiger partial charge in [0.05, 0.1) is 11.5 Å². The summed E-state index contributed by atoms with van der Waals surface area (Å²) in [6, 6.07) is 4.28. The van der Waals surface area contributed by atoms with E-state index in [-0.39, 0.29) is 17.4 Å². The lowest BCUT2D eigenvalue weighted by atomic mass is 9.97. The minimum Gasteiger partial charge on any atom is -0.339 e. The van der Waals surface area contributed by atoms with Crippen LogP contribution in [0.15, 0.2) is 28.8 Å². The van der Waals surface area contributed by atoms with Gasteiger partial charge in [0.25, 0.3) is 5.91 Å². The van der Waals surface area contributed by atoms with E-state index in [2.05, 4.69) is 10.1 Å². The smallest absolute Gasteiger partial charge is 0.339 e. The Morgan fingerprint density at radius 2 is 2.00 bits per heavy atom. The number of hydrogen-bond donors (Lipinski definition) is 0. The van der Waals surface area contributed by atoms with E-state index in [1.165, 1.54) is 12.1 Å². The Balaban J connectivity index is 1.72. The zero-order chi connectivity index (χ0) is 17.3. The van der Waals surface area contributed by atoms with Gasteiger partial charge in [0.1, 0.15) is 0 Å². The summed E-state index contributed by atoms with van der Waals surface area (Å²) in [5.41, 5.74) is -0.526. The zero-order valence-electron chi connectivity index (χ0n) is 13.0. The molecule has 1 fully saturated rings. The third-order valence-corrected chi connectivity index (χ3v) is 4.06. The molecule has 2 heterocycles. The first-order valence-corrected chi connectivity index (χ1v) is 7.61. The van der Waals surface area contributed by atoms with Crippen molar-refractivity contribution in [3.63, 3.8) is 0 Å². The Morgan fingerprint density at radius 1 is 1.29 bits per heavy atom. The molecule has 1 aromatic carbocycles. The molecule has 8 heteroatoms. The van der Waals surface area contributed by atoms with Crippen molar-refractivity contribution in [1.29, 1.82) is 0 Å². The predicted octanol–water partition coefficient (Wildman–Crippen LogP) is 3.42. The third-order valence-electron chi connectivity index (χ3n) is 4.06. The van der Waals surface area contributed by atoms with Crippen molar-refractivity contribution >= 4 is 5.91 Å². The Labute approximate surface area is 136 Å². The van der Waals surface area contributed by atoms with Crippen LogP contribution in [0.5, 0.6) is 0 Å². The quantitative estimate of drug-likeness (QED) is 0.841. The molecule has 1 aromatic heterocycles. The molecule has 1 saturated heterocycles. The van der Waals surface area contributed by atoms with E-state index in [4.69, 9.17) is 4.52 Å². The van der Waals surface area contributed by atoms with Crippen LogP contribution in [-0.2, 0) is 6.18 Å². The van der Waals surface area contributed by atoms with Crippen molar-refractivity contribution < 1.29 is 22.5 Å². The molecule has 1 aliphatic heterocycles. The summed E-state index contributed by atoms with van der Waals surface area (Å²) in [7, 11) is 0. The zero-order valence-corrected chi connectivity index (χ0v) is 13.0. The Kier molecular flexibility index (Phi) is 4.29. The molecule has 1 atom stereocenters. The second-order valence-corrected chi connectivity index (χ2v) is 5.85. The molecule has 3 rings (SSSR count). The van der Waals surface area contributed by atoms with Crippen LogP contribution in [0.2, 0.25) is 0 Å². The third kappa shape index (κ3) is 3.42. The number of carbonyl (C=O) groups is 1. The predicted molar refractivity (Wildman–Crippen MR) is 78.4 cm³/mol. The molecule has 128 valence electrons. The summed E-state index contributed by atoms with van der Waals surface area (Å²) in [6.45, 7) is 2.70. The lowest BCUT2D eigenvalue weighted by Gasteiger charge is -2.31. The van der Waals surface area contributed by atoms with Crippen molar-refractivity contribution in [2.75, 3.05) is 13.1 Å². The number of halogens is 3. The number of benzene rings is 1. The first-order valence-electron chi connectivity index (χ1n) is 7.61. The fourth-order valence-corrected chi connectivity index (χ4v) is 2.83. The fourth-order valence-electron chi connectivity index (χ4n) is 2.83. The van der Waals surface area contributed by atoms with Crippen LogP contribution in [0.25, 0.3) is 0 Å². The number of carbonyl (C=O) groups excluding carboxylic acids is 1. The highest BCUT2D eigenvalue weighted by atomic mass is 19.4. The van der Waals surface area contributed by atoms with E-state index in [1.54, 1.807) is 11.8 Å². The molecule has 24 heavy (non-hydrogen) atoms. The van der Waals surface area contributed by atoms with Gasteiger partial charge in [0, 0.05) is 18.7 Å². The SMILES string of the molecule is Cc1noc([C@H]2CCCN(C(=O)c3ccc(C(F)(F)F)cc3)C2)n1. The number of nitrogens with zero attached hydrogens (tertiary/aromatic N) is 3. The maximum Gasteiger partial charge on any atom is 0.416 e. The number of hydrogen-bond acceptors (Lipinski definition) is 4. The van der Waals surface area contributed by atoms with Gasteiger partial charge in [0.2, 0.25) is 5.89 Å². The number of rotatable bonds is 2. The van der Waals surface area contributed by atoms with Crippen molar-refractivity contribution in [3.8, 4) is 0 Å². The molecule has 5 nitrogen and oxygen atoms in total. The van der Waals surface area contributed by atoms with Crippen LogP contribution >= 0.6 is 0 Å². The summed E-state index contributed by atoms with van der Waals surface area (Å²) < 4.78 is 43.0. The molecule has 0 bridgehead atoms. The molecule has 1 aliphatic rings. The number of aromatic nitrogens is 2. The van der Waals surface area contributed by atoms with Gasteiger partial charge in [-0.3, -0.25) is 4.79 Å². The maximum atomic E-state index is 12.6. The van der Waals surface area contributed by atoms with Crippen molar-refractivity contribution in [2.45, 2.75) is 31.9 Å². The lowest BCUT2D eigenvalue weighted by Crippen LogP contribution is -2.39. The van der Waals surface area contributed by atoms with Gasteiger partial charge in [0.15, 0.2) is 5.82 Å². The average Bonchev–Trinajstić information content (AvgIpc) is 3.00. The van der Waals surface area contributed by atoms with Gasteiger partial charge in [-0.15, -0.1) is 0 Å². The number of alkyl halides is 3. The molecule has 0 N–H and O–H groups in total. The summed E-state index contributed by atoms with van der Waals surface area (Å²) in [4.78, 5) is 18.3. The van der Waals surface area contributed by atoms with Gasteiger partial charge in [-0.25, -0.2) is 0 Å². The minimum atomic E-state index is -4.41. The highest BCUT2D eigenvalue weighted by Gasteiger charge is 2.31. The highest BCUT2D eigenvalue weighted by molar-refractivity contribution is 5.94. The van der Waals surface area contributed by atoms with E-state index >= 15 is 0 Å². The second kappa shape index (κ2) is 6.26. The van der Waals surface area contributed by atoms with Gasteiger partial charge < -0.3 is 9.42 Å². The van der Waals surface area contributed by atoms with Crippen molar-refractivity contribution in [3.05, 3.63) is 47.1 Å². The maximum absolute atomic E-state index is 12.6. The van der Waals surface area contributed by atoms with Crippen LogP contribution < -0.4 is 0 Å². The van der Waals surface area contributed by atoms with Gasteiger partial charge >= 0.3 is 6.18 Å². The van der Waals surface area contributed by atoms with Crippen LogP contribution in [-0.4, -0.2) is 34.0 Å². The summed E-state index contributed by atoms with van der Waals surface area (Å²) in [5, 5.41) is 3.76. The minimum absolute atomic E-state index is 0.0432. The lowest BCUT2D eigenvalue weighted by molar-refractivity contribution is -0.137. The Morgan fingerprint density at radius 3 is 2.58 bits per heavy atom. The van der Waals surface area contributed by atoms with Crippen LogP contribution in [0.4, 0.5) is 13.2 Å². The van der Waals surface area contributed by atoms with E-state index in [0.29, 0.717) is 24.8 Å². The summed E-state index contributed by atoms with van der Waals surface area (Å²) in [6.07, 6.45) is -2.80. The van der Waals surface area contributed by atoms with E-state index < -0.39 is 11.7 Å². The number of piperidine rings is 1. The Bertz CT molecular complexity index is 725. The molecule has 0 radical (unpaired) electrons. The number of likely N-dealkylation sites (tertiary alicyclic amines) is 1. The Hall–Kier alpha value is -2.38. The van der Waals surface area contributed by atoms with E-state index in [1.807, 2.05) is 0 Å². The first-order chi connectivity index (χ1) is 11.3. The normalized spacial score (nSPS) is 18.7. The van der Waals surface area contributed by atoms with Gasteiger partial charge in [-0.05, 0) is 44.0 Å². The van der Waals surface area contributed by atoms with E-state index in [9.17, 15) is 18.0 Å². The van der Waals surface area contributed by atoms with Crippen molar-refractivity contribution in [1.82, 2.24) is 15.0 Å². The van der Waals surface area contributed by atoms with Crippen LogP contribution in [0.3, 0.4) is 0 Å². The van der Waals surface area contributed by atoms with E-state index in [0.717, 1.165) is 25.0 Å². The molecule has 1 amide bonds. The molecule has 0 aliphatic carbocycles. The molecule has 0 saturated carbocycles. The van der Waals surface area contributed by atoms with Crippen LogP contribution in [0, 0.1) is 6.92 Å². The number of amides is 1. The van der Waals surface area contributed by atoms with Crippen molar-refractivity contribution in [2.24, 2.45) is 0 Å². The first kappa shape index (κ1) is 16.5. The molecular weight excluding hydrogens is 323 g/mol. The average molecular weight is 339 g/mol. The highest BCUT2D eigenvalue weighted by Crippen LogP contribution is 2.30. The topological polar surface area (TPSA) is 59.2 Å². The largest absolute Gasteiger partial charge is 0.416 e. The number of aryl methyl sites for hydroxylation is 1. The monoisotopic (exact) mass is 339 g/mol. The molecule has 0 unspecified atom stereocenters. The molecule has 2 aromatic rings. The fraction of sp³-hybridized carbons (Fsp3) is 0.438. The standard InChI is InChI=1S/C16H16F3N3O2/c1-10-20-14(24-21-10)12-3-2-8-22(9-12)15(23)11-4-6-13(7-5-11)16(17,18)19/h4-7,12H,2-3,8-9H2,1H3/t12-/m0/s1. The second-order valence-electron chi connectivity index (χ2n) is 5.85.